The van der Waals surface area contributed by atoms with E-state index in [0.717, 1.165) is 13.0 Å². The SMILES string of the molecule is CC1CC(=O)N(CCCNC(C)(C)C)C(=O)C1. The lowest BCUT2D eigenvalue weighted by Gasteiger charge is -2.29. The number of carbonyl (C=O) groups is 2. The van der Waals surface area contributed by atoms with Crippen molar-refractivity contribution in [2.24, 2.45) is 5.92 Å². The van der Waals surface area contributed by atoms with Gasteiger partial charge in [-0.25, -0.2) is 0 Å². The van der Waals surface area contributed by atoms with Crippen LogP contribution in [0.5, 0.6) is 0 Å². The summed E-state index contributed by atoms with van der Waals surface area (Å²) in [5.74, 6) is 0.188. The van der Waals surface area contributed by atoms with Gasteiger partial charge in [-0.05, 0) is 39.7 Å². The van der Waals surface area contributed by atoms with Gasteiger partial charge in [0.05, 0.1) is 0 Å². The Morgan fingerprint density at radius 2 is 1.76 bits per heavy atom. The first-order chi connectivity index (χ1) is 7.79. The van der Waals surface area contributed by atoms with Crippen LogP contribution in [0.25, 0.3) is 0 Å². The molecule has 0 unspecified atom stereocenters. The van der Waals surface area contributed by atoms with Crippen LogP contribution >= 0.6 is 0 Å². The second kappa shape index (κ2) is 5.63. The van der Waals surface area contributed by atoms with Crippen molar-refractivity contribution in [2.75, 3.05) is 13.1 Å². The smallest absolute Gasteiger partial charge is 0.229 e. The molecule has 0 saturated carbocycles. The van der Waals surface area contributed by atoms with E-state index in [9.17, 15) is 9.59 Å². The molecular formula is C13H24N2O2. The number of imide groups is 1. The van der Waals surface area contributed by atoms with Gasteiger partial charge < -0.3 is 5.32 Å². The lowest BCUT2D eigenvalue weighted by atomic mass is 9.97. The van der Waals surface area contributed by atoms with E-state index in [1.165, 1.54) is 4.90 Å². The Balaban J connectivity index is 2.31. The quantitative estimate of drug-likeness (QED) is 0.599. The summed E-state index contributed by atoms with van der Waals surface area (Å²) in [5, 5.41) is 3.35. The van der Waals surface area contributed by atoms with Crippen molar-refractivity contribution >= 4 is 11.8 Å². The third-order valence-electron chi connectivity index (χ3n) is 2.86. The maximum absolute atomic E-state index is 11.7. The van der Waals surface area contributed by atoms with E-state index in [-0.39, 0.29) is 23.3 Å². The first-order valence-electron chi connectivity index (χ1n) is 6.38. The van der Waals surface area contributed by atoms with Gasteiger partial charge in [0.1, 0.15) is 0 Å². The maximum atomic E-state index is 11.7. The largest absolute Gasteiger partial charge is 0.312 e. The monoisotopic (exact) mass is 240 g/mol. The molecule has 0 bridgehead atoms. The van der Waals surface area contributed by atoms with Gasteiger partial charge in [0.25, 0.3) is 0 Å². The molecular weight excluding hydrogens is 216 g/mol. The maximum Gasteiger partial charge on any atom is 0.229 e. The van der Waals surface area contributed by atoms with Gasteiger partial charge in [-0.15, -0.1) is 0 Å². The highest BCUT2D eigenvalue weighted by atomic mass is 16.2. The summed E-state index contributed by atoms with van der Waals surface area (Å²) < 4.78 is 0. The predicted molar refractivity (Wildman–Crippen MR) is 67.5 cm³/mol. The van der Waals surface area contributed by atoms with E-state index in [2.05, 4.69) is 26.1 Å². The van der Waals surface area contributed by atoms with Crippen LogP contribution in [0.3, 0.4) is 0 Å². The Labute approximate surface area is 104 Å². The number of hydrogen-bond donors (Lipinski definition) is 1. The van der Waals surface area contributed by atoms with E-state index < -0.39 is 0 Å². The highest BCUT2D eigenvalue weighted by Gasteiger charge is 2.29. The molecule has 1 saturated heterocycles. The standard InChI is InChI=1S/C13H24N2O2/c1-10-8-11(16)15(12(17)9-10)7-5-6-14-13(2,3)4/h10,14H,5-9H2,1-4H3. The van der Waals surface area contributed by atoms with Gasteiger partial charge in [-0.3, -0.25) is 14.5 Å². The number of rotatable bonds is 4. The van der Waals surface area contributed by atoms with Crippen molar-refractivity contribution in [1.82, 2.24) is 10.2 Å². The van der Waals surface area contributed by atoms with E-state index in [1.54, 1.807) is 0 Å². The average molecular weight is 240 g/mol. The minimum atomic E-state index is -0.00971. The van der Waals surface area contributed by atoms with E-state index in [4.69, 9.17) is 0 Å². The van der Waals surface area contributed by atoms with Crippen LogP contribution in [-0.2, 0) is 9.59 Å². The van der Waals surface area contributed by atoms with E-state index in [0.29, 0.717) is 19.4 Å². The molecule has 4 nitrogen and oxygen atoms in total. The second-order valence-corrected chi connectivity index (χ2v) is 5.98. The molecule has 1 N–H and O–H groups in total. The highest BCUT2D eigenvalue weighted by molar-refractivity contribution is 5.97. The van der Waals surface area contributed by atoms with Gasteiger partial charge in [-0.2, -0.15) is 0 Å². The zero-order valence-corrected chi connectivity index (χ0v) is 11.4. The Bertz CT molecular complexity index is 276. The van der Waals surface area contributed by atoms with Crippen LogP contribution in [-0.4, -0.2) is 35.3 Å². The summed E-state index contributed by atoms with van der Waals surface area (Å²) in [5.41, 5.74) is 0.0877. The van der Waals surface area contributed by atoms with E-state index in [1.807, 2.05) is 6.92 Å². The molecule has 0 aromatic carbocycles. The van der Waals surface area contributed by atoms with Crippen molar-refractivity contribution in [3.05, 3.63) is 0 Å². The van der Waals surface area contributed by atoms with Crippen LogP contribution in [0.4, 0.5) is 0 Å². The molecule has 0 aromatic rings. The number of hydrogen-bond acceptors (Lipinski definition) is 3. The minimum Gasteiger partial charge on any atom is -0.312 e. The summed E-state index contributed by atoms with van der Waals surface area (Å²) in [4.78, 5) is 24.8. The van der Waals surface area contributed by atoms with Crippen molar-refractivity contribution < 1.29 is 9.59 Å². The molecule has 98 valence electrons. The Morgan fingerprint density at radius 1 is 1.24 bits per heavy atom. The summed E-state index contributed by atoms with van der Waals surface area (Å²) in [6.45, 7) is 9.64. The summed E-state index contributed by atoms with van der Waals surface area (Å²) >= 11 is 0. The molecule has 1 aliphatic rings. The average Bonchev–Trinajstić information content (AvgIpc) is 2.13. The molecule has 0 aromatic heterocycles. The minimum absolute atomic E-state index is 0.00971. The van der Waals surface area contributed by atoms with Crippen molar-refractivity contribution in [3.8, 4) is 0 Å². The molecule has 0 radical (unpaired) electrons. The van der Waals surface area contributed by atoms with Crippen LogP contribution in [0.2, 0.25) is 0 Å². The Kier molecular flexibility index (Phi) is 4.69. The lowest BCUT2D eigenvalue weighted by Crippen LogP contribution is -2.44. The summed E-state index contributed by atoms with van der Waals surface area (Å²) in [6.07, 6.45) is 1.85. The van der Waals surface area contributed by atoms with Crippen LogP contribution < -0.4 is 5.32 Å². The van der Waals surface area contributed by atoms with Crippen LogP contribution in [0.15, 0.2) is 0 Å². The zero-order valence-electron chi connectivity index (χ0n) is 11.4. The van der Waals surface area contributed by atoms with Gasteiger partial charge in [-0.1, -0.05) is 6.92 Å². The third-order valence-corrected chi connectivity index (χ3v) is 2.86. The Hall–Kier alpha value is -0.900. The highest BCUT2D eigenvalue weighted by Crippen LogP contribution is 2.18. The summed E-state index contributed by atoms with van der Waals surface area (Å²) in [6, 6.07) is 0. The fourth-order valence-corrected chi connectivity index (χ4v) is 1.98. The molecule has 0 spiro atoms. The first-order valence-corrected chi connectivity index (χ1v) is 6.38. The van der Waals surface area contributed by atoms with E-state index >= 15 is 0 Å². The molecule has 2 amide bonds. The predicted octanol–water partition coefficient (Wildman–Crippen LogP) is 1.55. The van der Waals surface area contributed by atoms with Gasteiger partial charge >= 0.3 is 0 Å². The number of nitrogens with zero attached hydrogens (tertiary/aromatic N) is 1. The van der Waals surface area contributed by atoms with Crippen LogP contribution in [0, 0.1) is 5.92 Å². The van der Waals surface area contributed by atoms with Crippen molar-refractivity contribution in [2.45, 2.75) is 52.5 Å². The molecule has 1 aliphatic heterocycles. The fourth-order valence-electron chi connectivity index (χ4n) is 1.98. The number of likely N-dealkylation sites (tertiary alicyclic amines) is 1. The molecule has 17 heavy (non-hydrogen) atoms. The van der Waals surface area contributed by atoms with Crippen LogP contribution in [0.1, 0.15) is 47.0 Å². The van der Waals surface area contributed by atoms with Gasteiger partial charge in [0.2, 0.25) is 11.8 Å². The number of nitrogens with one attached hydrogen (secondary N) is 1. The number of carbonyl (C=O) groups excluding carboxylic acids is 2. The topological polar surface area (TPSA) is 49.4 Å². The van der Waals surface area contributed by atoms with Gasteiger partial charge in [0, 0.05) is 24.9 Å². The van der Waals surface area contributed by atoms with Crippen molar-refractivity contribution in [3.63, 3.8) is 0 Å². The summed E-state index contributed by atoms with van der Waals surface area (Å²) in [7, 11) is 0. The number of piperidine rings is 1. The number of amides is 2. The zero-order chi connectivity index (χ0) is 13.1. The molecule has 0 atom stereocenters. The molecule has 4 heteroatoms. The molecule has 0 aliphatic carbocycles. The first kappa shape index (κ1) is 14.2. The molecule has 1 rings (SSSR count). The fraction of sp³-hybridized carbons (Fsp3) is 0.846. The molecule has 1 fully saturated rings. The van der Waals surface area contributed by atoms with Crippen molar-refractivity contribution in [1.29, 1.82) is 0 Å². The third kappa shape index (κ3) is 4.86. The second-order valence-electron chi connectivity index (χ2n) is 5.98. The Morgan fingerprint density at radius 3 is 2.24 bits per heavy atom. The molecule has 1 heterocycles. The lowest BCUT2D eigenvalue weighted by molar-refractivity contribution is -0.149. The van der Waals surface area contributed by atoms with Gasteiger partial charge in [0.15, 0.2) is 0 Å². The normalized spacial score (nSPS) is 18.9.